The molecule has 24 heavy (non-hydrogen) atoms. The Morgan fingerprint density at radius 3 is 1.50 bits per heavy atom. The monoisotopic (exact) mass is 330 g/mol. The molecule has 0 radical (unpaired) electrons. The van der Waals surface area contributed by atoms with Gasteiger partial charge in [0.25, 0.3) is 0 Å². The molecule has 0 amide bonds. The molecule has 0 atom stereocenters. The van der Waals surface area contributed by atoms with E-state index in [9.17, 15) is 4.79 Å². The minimum absolute atomic E-state index is 0.213. The fraction of sp³-hybridized carbons (Fsp3) is 0.500. The van der Waals surface area contributed by atoms with Gasteiger partial charge in [0.1, 0.15) is 0 Å². The van der Waals surface area contributed by atoms with Crippen LogP contribution in [0.3, 0.4) is 0 Å². The fourth-order valence-corrected chi connectivity index (χ4v) is 2.04. The molecular weight excluding hydrogens is 296 g/mol. The zero-order valence-corrected chi connectivity index (χ0v) is 15.2. The largest absolute Gasteiger partial charge is 0.481 e. The van der Waals surface area contributed by atoms with Crippen LogP contribution in [-0.2, 0) is 4.79 Å². The number of hydrogen-bond acceptors (Lipinski definition) is 1. The summed E-state index contributed by atoms with van der Waals surface area (Å²) in [5.74, 6) is -0.739. The van der Waals surface area contributed by atoms with Crippen molar-refractivity contribution in [2.45, 2.75) is 71.1 Å². The molecule has 0 aromatic carbocycles. The molecular formula is C22H34O2. The fourth-order valence-electron chi connectivity index (χ4n) is 2.04. The van der Waals surface area contributed by atoms with E-state index >= 15 is 0 Å². The molecule has 0 saturated carbocycles. The molecule has 1 N–H and O–H groups in total. The molecule has 0 unspecified atom stereocenters. The van der Waals surface area contributed by atoms with Gasteiger partial charge < -0.3 is 5.11 Å². The molecule has 0 aromatic heterocycles. The van der Waals surface area contributed by atoms with Gasteiger partial charge in [-0.3, -0.25) is 4.79 Å². The van der Waals surface area contributed by atoms with Crippen LogP contribution in [0.2, 0.25) is 0 Å². The van der Waals surface area contributed by atoms with Gasteiger partial charge >= 0.3 is 5.97 Å². The quantitative estimate of drug-likeness (QED) is 0.265. The lowest BCUT2D eigenvalue weighted by Crippen LogP contribution is -1.91. The summed E-state index contributed by atoms with van der Waals surface area (Å²) < 4.78 is 0. The number of aliphatic carboxylic acids is 1. The number of unbranched alkanes of at least 4 members (excludes halogenated alkanes) is 3. The summed E-state index contributed by atoms with van der Waals surface area (Å²) in [6.07, 6.45) is 31.4. The Labute approximate surface area is 148 Å². The van der Waals surface area contributed by atoms with Crippen molar-refractivity contribution in [3.05, 3.63) is 60.8 Å². The SMILES string of the molecule is CCCCC/C=C/C/C=C\C/C=C\C/C=C/C/C=C/CCC(=O)O. The van der Waals surface area contributed by atoms with E-state index in [2.05, 4.69) is 55.5 Å². The third-order valence-corrected chi connectivity index (χ3v) is 3.42. The van der Waals surface area contributed by atoms with E-state index < -0.39 is 5.97 Å². The van der Waals surface area contributed by atoms with Crippen molar-refractivity contribution in [2.24, 2.45) is 0 Å². The van der Waals surface area contributed by atoms with Crippen LogP contribution < -0.4 is 0 Å². The third kappa shape index (κ3) is 20.2. The molecule has 0 aliphatic heterocycles. The predicted octanol–water partition coefficient (Wildman–Crippen LogP) is 6.77. The molecule has 0 spiro atoms. The number of carboxylic acid groups (broad SMARTS) is 1. The first-order chi connectivity index (χ1) is 11.8. The summed E-state index contributed by atoms with van der Waals surface area (Å²) >= 11 is 0. The van der Waals surface area contributed by atoms with Gasteiger partial charge in [0.05, 0.1) is 0 Å². The highest BCUT2D eigenvalue weighted by atomic mass is 16.4. The average molecular weight is 331 g/mol. The molecule has 0 aromatic rings. The minimum atomic E-state index is -0.739. The van der Waals surface area contributed by atoms with Crippen LogP contribution in [0, 0.1) is 0 Å². The van der Waals surface area contributed by atoms with Gasteiger partial charge in [-0.15, -0.1) is 0 Å². The standard InChI is InChI=1S/C22H34O2/c1-2-3-4-5-6-7-8-9-10-11-12-13-14-15-16-17-18-19-20-21-22(23)24/h6-7,9-10,12-13,15-16,18-19H,2-5,8,11,14,17,20-21H2,1H3,(H,23,24)/b7-6+,10-9-,13-12-,16-15+,19-18+. The topological polar surface area (TPSA) is 37.3 Å². The first-order valence-electron chi connectivity index (χ1n) is 9.24. The van der Waals surface area contributed by atoms with E-state index in [0.29, 0.717) is 6.42 Å². The zero-order chi connectivity index (χ0) is 17.7. The second kappa shape index (κ2) is 19.2. The smallest absolute Gasteiger partial charge is 0.303 e. The maximum atomic E-state index is 10.3. The third-order valence-electron chi connectivity index (χ3n) is 3.42. The molecule has 2 heteroatoms. The second-order valence-corrected chi connectivity index (χ2v) is 5.73. The molecule has 0 rings (SSSR count). The van der Waals surface area contributed by atoms with Crippen LogP contribution >= 0.6 is 0 Å². The highest BCUT2D eigenvalue weighted by Gasteiger charge is 1.90. The highest BCUT2D eigenvalue weighted by Crippen LogP contribution is 2.01. The van der Waals surface area contributed by atoms with Crippen molar-refractivity contribution in [1.82, 2.24) is 0 Å². The lowest BCUT2D eigenvalue weighted by atomic mass is 10.2. The number of carbonyl (C=O) groups is 1. The van der Waals surface area contributed by atoms with Gasteiger partial charge in [0, 0.05) is 6.42 Å². The molecule has 0 saturated heterocycles. The van der Waals surface area contributed by atoms with E-state index in [1.54, 1.807) is 0 Å². The van der Waals surface area contributed by atoms with Crippen LogP contribution in [0.4, 0.5) is 0 Å². The lowest BCUT2D eigenvalue weighted by molar-refractivity contribution is -0.136. The second-order valence-electron chi connectivity index (χ2n) is 5.73. The van der Waals surface area contributed by atoms with Crippen LogP contribution in [0.1, 0.15) is 71.1 Å². The summed E-state index contributed by atoms with van der Waals surface area (Å²) in [6, 6.07) is 0. The van der Waals surface area contributed by atoms with Crippen molar-refractivity contribution in [3.63, 3.8) is 0 Å². The lowest BCUT2D eigenvalue weighted by Gasteiger charge is -1.90. The Hall–Kier alpha value is -1.83. The van der Waals surface area contributed by atoms with Crippen LogP contribution in [0.5, 0.6) is 0 Å². The maximum absolute atomic E-state index is 10.3. The van der Waals surface area contributed by atoms with Gasteiger partial charge in [-0.1, -0.05) is 80.5 Å². The van der Waals surface area contributed by atoms with Crippen molar-refractivity contribution >= 4 is 5.97 Å². The van der Waals surface area contributed by atoms with Gasteiger partial charge in [0.2, 0.25) is 0 Å². The van der Waals surface area contributed by atoms with Crippen LogP contribution in [0.15, 0.2) is 60.8 Å². The number of hydrogen-bond donors (Lipinski definition) is 1. The van der Waals surface area contributed by atoms with E-state index in [0.717, 1.165) is 25.7 Å². The Bertz CT molecular complexity index is 425. The average Bonchev–Trinajstić information content (AvgIpc) is 2.56. The summed E-state index contributed by atoms with van der Waals surface area (Å²) in [5.41, 5.74) is 0. The van der Waals surface area contributed by atoms with Gasteiger partial charge in [-0.2, -0.15) is 0 Å². The van der Waals surface area contributed by atoms with Gasteiger partial charge in [-0.05, 0) is 44.9 Å². The summed E-state index contributed by atoms with van der Waals surface area (Å²) in [7, 11) is 0. The Balaban J connectivity index is 3.46. The Kier molecular flexibility index (Phi) is 17.8. The van der Waals surface area contributed by atoms with Crippen molar-refractivity contribution in [1.29, 1.82) is 0 Å². The first-order valence-corrected chi connectivity index (χ1v) is 9.24. The number of rotatable bonds is 15. The minimum Gasteiger partial charge on any atom is -0.481 e. The predicted molar refractivity (Wildman–Crippen MR) is 105 cm³/mol. The molecule has 0 heterocycles. The Morgan fingerprint density at radius 1 is 0.667 bits per heavy atom. The van der Waals surface area contributed by atoms with E-state index in [1.165, 1.54) is 25.7 Å². The molecule has 0 bridgehead atoms. The molecule has 0 aliphatic rings. The van der Waals surface area contributed by atoms with Crippen molar-refractivity contribution < 1.29 is 9.90 Å². The number of allylic oxidation sites excluding steroid dienone is 10. The van der Waals surface area contributed by atoms with E-state index in [4.69, 9.17) is 5.11 Å². The zero-order valence-electron chi connectivity index (χ0n) is 15.2. The molecule has 2 nitrogen and oxygen atoms in total. The highest BCUT2D eigenvalue weighted by molar-refractivity contribution is 5.66. The summed E-state index contributed by atoms with van der Waals surface area (Å²) in [6.45, 7) is 2.23. The van der Waals surface area contributed by atoms with Gasteiger partial charge in [-0.25, -0.2) is 0 Å². The Morgan fingerprint density at radius 2 is 1.08 bits per heavy atom. The summed E-state index contributed by atoms with van der Waals surface area (Å²) in [5, 5.41) is 8.49. The molecule has 0 fully saturated rings. The molecule has 0 aliphatic carbocycles. The normalized spacial score (nSPS) is 12.7. The van der Waals surface area contributed by atoms with E-state index in [1.807, 2.05) is 12.2 Å². The van der Waals surface area contributed by atoms with Crippen LogP contribution in [-0.4, -0.2) is 11.1 Å². The van der Waals surface area contributed by atoms with E-state index in [-0.39, 0.29) is 6.42 Å². The number of carboxylic acids is 1. The van der Waals surface area contributed by atoms with Crippen molar-refractivity contribution in [2.75, 3.05) is 0 Å². The van der Waals surface area contributed by atoms with Gasteiger partial charge in [0.15, 0.2) is 0 Å². The summed E-state index contributed by atoms with van der Waals surface area (Å²) in [4.78, 5) is 10.3. The van der Waals surface area contributed by atoms with Crippen molar-refractivity contribution in [3.8, 4) is 0 Å². The maximum Gasteiger partial charge on any atom is 0.303 e. The first kappa shape index (κ1) is 22.2. The molecule has 134 valence electrons. The van der Waals surface area contributed by atoms with Crippen LogP contribution in [0.25, 0.3) is 0 Å².